The maximum atomic E-state index is 12.8. The SMILES string of the molecule is CCN(C(=O)O)c1cccc(Cc2n[nH]cc(-c3cccc(O)c3)c2=O)c1. The van der Waals surface area contributed by atoms with E-state index >= 15 is 0 Å². The van der Waals surface area contributed by atoms with Gasteiger partial charge in [0.2, 0.25) is 5.43 Å². The van der Waals surface area contributed by atoms with Gasteiger partial charge in [0.1, 0.15) is 11.4 Å². The number of anilines is 1. The Morgan fingerprint density at radius 1 is 1.19 bits per heavy atom. The molecule has 3 N–H and O–H groups in total. The van der Waals surface area contributed by atoms with Crippen LogP contribution in [0.15, 0.2) is 59.5 Å². The summed E-state index contributed by atoms with van der Waals surface area (Å²) < 4.78 is 0. The van der Waals surface area contributed by atoms with Crippen LogP contribution in [-0.2, 0) is 6.42 Å². The third-order valence-electron chi connectivity index (χ3n) is 4.21. The number of H-pyrrole nitrogens is 1. The number of carbonyl (C=O) groups is 1. The van der Waals surface area contributed by atoms with Crippen LogP contribution in [0, 0.1) is 0 Å². The Labute approximate surface area is 155 Å². The van der Waals surface area contributed by atoms with Crippen LogP contribution in [0.5, 0.6) is 5.75 Å². The average Bonchev–Trinajstić information content (AvgIpc) is 2.64. The number of aromatic hydroxyl groups is 1. The monoisotopic (exact) mass is 365 g/mol. The van der Waals surface area contributed by atoms with Gasteiger partial charge in [0.15, 0.2) is 0 Å². The number of carboxylic acid groups (broad SMARTS) is 1. The van der Waals surface area contributed by atoms with Crippen molar-refractivity contribution in [2.45, 2.75) is 13.3 Å². The standard InChI is InChI=1S/C20H19N3O4/c1-2-23(20(26)27)15-7-3-5-13(9-15)10-18-19(25)17(12-21-22-18)14-6-4-8-16(24)11-14/h3-9,11-12,24H,2,10H2,1H3,(H,21,25)(H,26,27). The molecule has 3 aromatic rings. The quantitative estimate of drug-likeness (QED) is 0.643. The van der Waals surface area contributed by atoms with Crippen LogP contribution in [0.2, 0.25) is 0 Å². The molecule has 1 heterocycles. The fraction of sp³-hybridized carbons (Fsp3) is 0.150. The first-order chi connectivity index (χ1) is 13.0. The van der Waals surface area contributed by atoms with Gasteiger partial charge >= 0.3 is 6.09 Å². The Kier molecular flexibility index (Phi) is 5.21. The van der Waals surface area contributed by atoms with Crippen molar-refractivity contribution in [1.82, 2.24) is 10.2 Å². The van der Waals surface area contributed by atoms with Gasteiger partial charge in [-0.05, 0) is 42.3 Å². The van der Waals surface area contributed by atoms with E-state index in [4.69, 9.17) is 0 Å². The molecular formula is C20H19N3O4. The Morgan fingerprint density at radius 2 is 1.96 bits per heavy atom. The number of nitrogens with zero attached hydrogens (tertiary/aromatic N) is 2. The highest BCUT2D eigenvalue weighted by atomic mass is 16.4. The van der Waals surface area contributed by atoms with E-state index in [1.165, 1.54) is 23.2 Å². The number of benzene rings is 2. The molecule has 7 heteroatoms. The highest BCUT2D eigenvalue weighted by molar-refractivity contribution is 5.86. The topological polar surface area (TPSA) is 107 Å². The molecule has 138 valence electrons. The van der Waals surface area contributed by atoms with E-state index in [-0.39, 0.29) is 17.6 Å². The van der Waals surface area contributed by atoms with Gasteiger partial charge in [-0.25, -0.2) is 4.79 Å². The van der Waals surface area contributed by atoms with Crippen LogP contribution >= 0.6 is 0 Å². The summed E-state index contributed by atoms with van der Waals surface area (Å²) in [4.78, 5) is 25.3. The largest absolute Gasteiger partial charge is 0.508 e. The van der Waals surface area contributed by atoms with Crippen molar-refractivity contribution >= 4 is 11.8 Å². The van der Waals surface area contributed by atoms with E-state index in [1.54, 1.807) is 37.3 Å². The number of phenolic OH excluding ortho intramolecular Hbond substituents is 1. The molecule has 1 aromatic heterocycles. The maximum Gasteiger partial charge on any atom is 0.411 e. The molecule has 0 aliphatic rings. The number of aromatic nitrogens is 2. The molecule has 2 aromatic carbocycles. The molecule has 0 atom stereocenters. The Balaban J connectivity index is 1.94. The van der Waals surface area contributed by atoms with Crippen molar-refractivity contribution in [3.05, 3.63) is 76.2 Å². The van der Waals surface area contributed by atoms with Crippen LogP contribution in [0.4, 0.5) is 10.5 Å². The minimum Gasteiger partial charge on any atom is -0.508 e. The van der Waals surface area contributed by atoms with Gasteiger partial charge in [0.25, 0.3) is 0 Å². The van der Waals surface area contributed by atoms with E-state index in [1.807, 2.05) is 6.07 Å². The number of hydrogen-bond acceptors (Lipinski definition) is 4. The van der Waals surface area contributed by atoms with Crippen molar-refractivity contribution in [2.24, 2.45) is 0 Å². The summed E-state index contributed by atoms with van der Waals surface area (Å²) in [6.45, 7) is 2.08. The summed E-state index contributed by atoms with van der Waals surface area (Å²) in [7, 11) is 0. The molecule has 0 fully saturated rings. The van der Waals surface area contributed by atoms with Crippen molar-refractivity contribution in [2.75, 3.05) is 11.4 Å². The van der Waals surface area contributed by atoms with Crippen molar-refractivity contribution in [1.29, 1.82) is 0 Å². The van der Waals surface area contributed by atoms with Crippen molar-refractivity contribution < 1.29 is 15.0 Å². The molecule has 0 unspecified atom stereocenters. The molecule has 27 heavy (non-hydrogen) atoms. The molecule has 0 spiro atoms. The molecule has 7 nitrogen and oxygen atoms in total. The number of aromatic amines is 1. The minimum atomic E-state index is -1.03. The van der Waals surface area contributed by atoms with Gasteiger partial charge in [0.05, 0.1) is 0 Å². The first kappa shape index (κ1) is 18.2. The lowest BCUT2D eigenvalue weighted by Crippen LogP contribution is -2.28. The van der Waals surface area contributed by atoms with E-state index in [2.05, 4.69) is 10.2 Å². The van der Waals surface area contributed by atoms with Gasteiger partial charge in [0, 0.05) is 30.4 Å². The number of phenols is 1. The van der Waals surface area contributed by atoms with Gasteiger partial charge in [-0.1, -0.05) is 24.3 Å². The van der Waals surface area contributed by atoms with Crippen LogP contribution in [0.1, 0.15) is 18.2 Å². The smallest absolute Gasteiger partial charge is 0.411 e. The zero-order valence-corrected chi connectivity index (χ0v) is 14.7. The van der Waals surface area contributed by atoms with E-state index in [0.717, 1.165) is 5.56 Å². The third-order valence-corrected chi connectivity index (χ3v) is 4.21. The maximum absolute atomic E-state index is 12.8. The zero-order chi connectivity index (χ0) is 19.4. The molecule has 3 rings (SSSR count). The van der Waals surface area contributed by atoms with Gasteiger partial charge in [-0.15, -0.1) is 0 Å². The zero-order valence-electron chi connectivity index (χ0n) is 14.7. The highest BCUT2D eigenvalue weighted by Crippen LogP contribution is 2.21. The molecule has 0 aliphatic heterocycles. The second kappa shape index (κ2) is 7.74. The highest BCUT2D eigenvalue weighted by Gasteiger charge is 2.14. The van der Waals surface area contributed by atoms with E-state index < -0.39 is 6.09 Å². The lowest BCUT2D eigenvalue weighted by atomic mass is 10.0. The van der Waals surface area contributed by atoms with Crippen molar-refractivity contribution in [3.63, 3.8) is 0 Å². The Morgan fingerprint density at radius 3 is 2.67 bits per heavy atom. The molecule has 1 amide bonds. The fourth-order valence-corrected chi connectivity index (χ4v) is 2.91. The van der Waals surface area contributed by atoms with Crippen LogP contribution in [0.3, 0.4) is 0 Å². The fourth-order valence-electron chi connectivity index (χ4n) is 2.91. The van der Waals surface area contributed by atoms with Crippen LogP contribution < -0.4 is 10.3 Å². The predicted molar refractivity (Wildman–Crippen MR) is 102 cm³/mol. The normalized spacial score (nSPS) is 10.6. The summed E-state index contributed by atoms with van der Waals surface area (Å²) in [6.07, 6.45) is 0.726. The van der Waals surface area contributed by atoms with Gasteiger partial charge < -0.3 is 10.2 Å². The lowest BCUT2D eigenvalue weighted by molar-refractivity contribution is 0.202. The summed E-state index contributed by atoms with van der Waals surface area (Å²) in [5.41, 5.74) is 2.40. The number of hydrogen-bond donors (Lipinski definition) is 3. The first-order valence-corrected chi connectivity index (χ1v) is 8.45. The Hall–Kier alpha value is -3.61. The van der Waals surface area contributed by atoms with Crippen molar-refractivity contribution in [3.8, 4) is 16.9 Å². The second-order valence-corrected chi connectivity index (χ2v) is 6.00. The number of nitrogens with one attached hydrogen (secondary N) is 1. The predicted octanol–water partition coefficient (Wildman–Crippen LogP) is 3.24. The summed E-state index contributed by atoms with van der Waals surface area (Å²) in [5, 5.41) is 25.7. The minimum absolute atomic E-state index is 0.0753. The molecule has 0 radical (unpaired) electrons. The number of rotatable bonds is 5. The summed E-state index contributed by atoms with van der Waals surface area (Å²) in [5.74, 6) is 0.0753. The van der Waals surface area contributed by atoms with E-state index in [0.29, 0.717) is 29.1 Å². The van der Waals surface area contributed by atoms with Crippen LogP contribution in [0.25, 0.3) is 11.1 Å². The molecule has 0 saturated heterocycles. The molecule has 0 bridgehead atoms. The molecule has 0 aliphatic carbocycles. The number of amides is 1. The van der Waals surface area contributed by atoms with Gasteiger partial charge in [-0.2, -0.15) is 5.10 Å². The third kappa shape index (κ3) is 3.98. The van der Waals surface area contributed by atoms with E-state index in [9.17, 15) is 19.8 Å². The van der Waals surface area contributed by atoms with Crippen LogP contribution in [-0.4, -0.2) is 33.0 Å². The van der Waals surface area contributed by atoms with Gasteiger partial charge in [-0.3, -0.25) is 14.8 Å². The lowest BCUT2D eigenvalue weighted by Gasteiger charge is -2.17. The Bertz CT molecular complexity index is 1030. The molecular weight excluding hydrogens is 346 g/mol. The summed E-state index contributed by atoms with van der Waals surface area (Å²) in [6, 6.07) is 13.5. The average molecular weight is 365 g/mol. The first-order valence-electron chi connectivity index (χ1n) is 8.45. The summed E-state index contributed by atoms with van der Waals surface area (Å²) >= 11 is 0. The molecule has 0 saturated carbocycles. The second-order valence-electron chi connectivity index (χ2n) is 6.00.